The average molecular weight is 253 g/mol. The van der Waals surface area contributed by atoms with Crippen molar-refractivity contribution < 1.29 is 14.7 Å². The van der Waals surface area contributed by atoms with Crippen molar-refractivity contribution in [1.29, 1.82) is 0 Å². The van der Waals surface area contributed by atoms with Crippen LogP contribution in [0.5, 0.6) is 0 Å². The third-order valence-corrected chi connectivity index (χ3v) is 3.57. The fraction of sp³-hybridized carbons (Fsp3) is 0.714. The van der Waals surface area contributed by atoms with Gasteiger partial charge in [0.05, 0.1) is 5.92 Å². The van der Waals surface area contributed by atoms with Crippen molar-refractivity contribution >= 4 is 11.9 Å². The molecule has 0 bridgehead atoms. The maximum atomic E-state index is 12.0. The Balaban J connectivity index is 2.39. The number of carboxylic acid groups (broad SMARTS) is 1. The van der Waals surface area contributed by atoms with E-state index in [1.54, 1.807) is 0 Å². The smallest absolute Gasteiger partial charge is 0.303 e. The Morgan fingerprint density at radius 2 is 1.94 bits per heavy atom. The quantitative estimate of drug-likeness (QED) is 0.563. The van der Waals surface area contributed by atoms with Gasteiger partial charge < -0.3 is 10.4 Å². The lowest BCUT2D eigenvalue weighted by Gasteiger charge is -2.04. The van der Waals surface area contributed by atoms with E-state index >= 15 is 0 Å². The monoisotopic (exact) mass is 253 g/mol. The second-order valence-electron chi connectivity index (χ2n) is 5.86. The molecule has 0 unspecified atom stereocenters. The van der Waals surface area contributed by atoms with Gasteiger partial charge in [-0.3, -0.25) is 9.59 Å². The minimum atomic E-state index is -0.821. The van der Waals surface area contributed by atoms with E-state index in [4.69, 9.17) is 5.11 Å². The predicted molar refractivity (Wildman–Crippen MR) is 70.1 cm³/mol. The number of hydrogen-bond donors (Lipinski definition) is 2. The Bertz CT molecular complexity index is 367. The molecule has 0 radical (unpaired) electrons. The van der Waals surface area contributed by atoms with Gasteiger partial charge in [0.2, 0.25) is 5.91 Å². The molecule has 4 heteroatoms. The number of carboxylic acids is 1. The first-order valence-electron chi connectivity index (χ1n) is 6.41. The number of aliphatic carboxylic acids is 1. The van der Waals surface area contributed by atoms with E-state index in [9.17, 15) is 9.59 Å². The zero-order chi connectivity index (χ0) is 13.9. The van der Waals surface area contributed by atoms with Crippen LogP contribution in [-0.2, 0) is 9.59 Å². The second-order valence-corrected chi connectivity index (χ2v) is 5.86. The normalized spacial score (nSPS) is 24.2. The van der Waals surface area contributed by atoms with Gasteiger partial charge in [-0.15, -0.1) is 0 Å². The molecule has 102 valence electrons. The largest absolute Gasteiger partial charge is 0.481 e. The highest BCUT2D eigenvalue weighted by Crippen LogP contribution is 2.59. The first-order valence-corrected chi connectivity index (χ1v) is 6.41. The maximum Gasteiger partial charge on any atom is 0.303 e. The molecule has 1 fully saturated rings. The molecule has 1 amide bonds. The molecular formula is C14H23NO3. The molecule has 18 heavy (non-hydrogen) atoms. The fourth-order valence-electron chi connectivity index (χ4n) is 2.41. The molecule has 4 nitrogen and oxygen atoms in total. The van der Waals surface area contributed by atoms with E-state index in [1.165, 1.54) is 5.57 Å². The molecule has 0 aliphatic heterocycles. The highest BCUT2D eigenvalue weighted by atomic mass is 16.4. The number of carbonyl (C=O) groups excluding carboxylic acids is 1. The lowest BCUT2D eigenvalue weighted by molar-refractivity contribution is -0.137. The van der Waals surface area contributed by atoms with Gasteiger partial charge in [-0.05, 0) is 31.6 Å². The highest BCUT2D eigenvalue weighted by molar-refractivity contribution is 5.83. The number of carbonyl (C=O) groups is 2. The van der Waals surface area contributed by atoms with Crippen molar-refractivity contribution in [3.63, 3.8) is 0 Å². The van der Waals surface area contributed by atoms with Gasteiger partial charge in [0.15, 0.2) is 0 Å². The molecule has 1 aliphatic carbocycles. The minimum absolute atomic E-state index is 0.0220. The molecule has 0 heterocycles. The van der Waals surface area contributed by atoms with Crippen LogP contribution < -0.4 is 5.32 Å². The zero-order valence-electron chi connectivity index (χ0n) is 11.6. The maximum absolute atomic E-state index is 12.0. The molecule has 0 spiro atoms. The van der Waals surface area contributed by atoms with Gasteiger partial charge in [0, 0.05) is 13.0 Å². The molecule has 0 aromatic carbocycles. The summed E-state index contributed by atoms with van der Waals surface area (Å²) in [6.07, 6.45) is 2.74. The van der Waals surface area contributed by atoms with Crippen LogP contribution in [0, 0.1) is 17.3 Å². The van der Waals surface area contributed by atoms with Gasteiger partial charge in [0.25, 0.3) is 0 Å². The predicted octanol–water partition coefficient (Wildman–Crippen LogP) is 2.21. The minimum Gasteiger partial charge on any atom is -0.481 e. The van der Waals surface area contributed by atoms with Crippen molar-refractivity contribution in [2.24, 2.45) is 17.3 Å². The van der Waals surface area contributed by atoms with Crippen LogP contribution >= 0.6 is 0 Å². The number of rotatable bonds is 6. The first-order chi connectivity index (χ1) is 8.26. The summed E-state index contributed by atoms with van der Waals surface area (Å²) < 4.78 is 0. The Labute approximate surface area is 108 Å². The lowest BCUT2D eigenvalue weighted by Crippen LogP contribution is -2.28. The second kappa shape index (κ2) is 5.55. The molecule has 0 saturated heterocycles. The van der Waals surface area contributed by atoms with Crippen LogP contribution in [0.4, 0.5) is 0 Å². The zero-order valence-corrected chi connectivity index (χ0v) is 11.6. The molecule has 1 aliphatic rings. The topological polar surface area (TPSA) is 66.4 Å². The third-order valence-electron chi connectivity index (χ3n) is 3.57. The molecule has 2 atom stereocenters. The summed E-state index contributed by atoms with van der Waals surface area (Å²) >= 11 is 0. The van der Waals surface area contributed by atoms with Crippen LogP contribution in [0.3, 0.4) is 0 Å². The summed E-state index contributed by atoms with van der Waals surface area (Å²) in [6.45, 7) is 8.71. The van der Waals surface area contributed by atoms with Crippen molar-refractivity contribution in [2.45, 2.75) is 40.5 Å². The lowest BCUT2D eigenvalue weighted by atomic mass is 10.1. The Kier molecular flexibility index (Phi) is 4.54. The summed E-state index contributed by atoms with van der Waals surface area (Å²) in [5.74, 6) is -0.439. The van der Waals surface area contributed by atoms with E-state index < -0.39 is 5.97 Å². The van der Waals surface area contributed by atoms with Crippen molar-refractivity contribution in [3.8, 4) is 0 Å². The van der Waals surface area contributed by atoms with Gasteiger partial charge >= 0.3 is 5.97 Å². The van der Waals surface area contributed by atoms with Crippen molar-refractivity contribution in [1.82, 2.24) is 5.32 Å². The summed E-state index contributed by atoms with van der Waals surface area (Å²) in [5.41, 5.74) is 1.25. The van der Waals surface area contributed by atoms with Crippen molar-refractivity contribution in [2.75, 3.05) is 6.54 Å². The van der Waals surface area contributed by atoms with Gasteiger partial charge in [-0.1, -0.05) is 25.5 Å². The number of amides is 1. The van der Waals surface area contributed by atoms with E-state index in [0.29, 0.717) is 18.9 Å². The molecule has 1 saturated carbocycles. The first kappa shape index (κ1) is 14.7. The van der Waals surface area contributed by atoms with Crippen LogP contribution in [0.25, 0.3) is 0 Å². The van der Waals surface area contributed by atoms with Crippen molar-refractivity contribution in [3.05, 3.63) is 11.6 Å². The third kappa shape index (κ3) is 3.59. The van der Waals surface area contributed by atoms with Crippen LogP contribution in [-0.4, -0.2) is 23.5 Å². The molecule has 0 aromatic heterocycles. The number of nitrogens with one attached hydrogen (secondary N) is 1. The van der Waals surface area contributed by atoms with Crippen LogP contribution in [0.2, 0.25) is 0 Å². The van der Waals surface area contributed by atoms with Gasteiger partial charge in [-0.25, -0.2) is 0 Å². The average Bonchev–Trinajstić information content (AvgIpc) is 2.74. The van der Waals surface area contributed by atoms with Gasteiger partial charge in [-0.2, -0.15) is 0 Å². The van der Waals surface area contributed by atoms with Crippen LogP contribution in [0.1, 0.15) is 40.5 Å². The summed E-state index contributed by atoms with van der Waals surface area (Å²) in [4.78, 5) is 22.3. The van der Waals surface area contributed by atoms with Crippen LogP contribution in [0.15, 0.2) is 11.6 Å². The Morgan fingerprint density at radius 1 is 1.33 bits per heavy atom. The summed E-state index contributed by atoms with van der Waals surface area (Å²) in [6, 6.07) is 0. The summed E-state index contributed by atoms with van der Waals surface area (Å²) in [7, 11) is 0. The molecule has 1 rings (SSSR count). The van der Waals surface area contributed by atoms with Gasteiger partial charge in [0.1, 0.15) is 0 Å². The SMILES string of the molecule is CC(C)=C[C@@H]1[C@@H](C(=O)NCCCC(=O)O)C1(C)C. The molecule has 0 aromatic rings. The number of hydrogen-bond acceptors (Lipinski definition) is 2. The van der Waals surface area contributed by atoms with E-state index in [0.717, 1.165) is 0 Å². The standard InChI is InChI=1S/C14H23NO3/c1-9(2)8-10-12(14(10,3)4)13(18)15-7-5-6-11(16)17/h8,10,12H,5-7H2,1-4H3,(H,15,18)(H,16,17)/t10-,12+/m1/s1. The van der Waals surface area contributed by atoms with E-state index in [1.807, 2.05) is 13.8 Å². The Hall–Kier alpha value is -1.32. The van der Waals surface area contributed by atoms with E-state index in [2.05, 4.69) is 25.2 Å². The Morgan fingerprint density at radius 3 is 2.44 bits per heavy atom. The van der Waals surface area contributed by atoms with E-state index in [-0.39, 0.29) is 23.7 Å². The molecular weight excluding hydrogens is 230 g/mol. The summed E-state index contributed by atoms with van der Waals surface area (Å²) in [5, 5.41) is 11.3. The fourth-order valence-corrected chi connectivity index (χ4v) is 2.41. The highest BCUT2D eigenvalue weighted by Gasteiger charge is 2.60. The number of allylic oxidation sites excluding steroid dienone is 2. The molecule has 2 N–H and O–H groups in total.